The summed E-state index contributed by atoms with van der Waals surface area (Å²) >= 11 is 3.50. The van der Waals surface area contributed by atoms with Gasteiger partial charge in [-0.3, -0.25) is 0 Å². The average Bonchev–Trinajstić information content (AvgIpc) is 2.66. The molecule has 104 valence electrons. The van der Waals surface area contributed by atoms with Crippen LogP contribution in [0.15, 0.2) is 46.9 Å². The van der Waals surface area contributed by atoms with E-state index in [4.69, 9.17) is 4.74 Å². The van der Waals surface area contributed by atoms with Crippen LogP contribution in [0.3, 0.4) is 0 Å². The third-order valence-corrected chi connectivity index (χ3v) is 4.21. The highest BCUT2D eigenvalue weighted by molar-refractivity contribution is 9.10. The lowest BCUT2D eigenvalue weighted by Crippen LogP contribution is -2.25. The van der Waals surface area contributed by atoms with Gasteiger partial charge in [-0.25, -0.2) is 0 Å². The molecule has 0 saturated heterocycles. The van der Waals surface area contributed by atoms with Crippen LogP contribution in [0.5, 0.6) is 5.75 Å². The largest absolute Gasteiger partial charge is 0.488 e. The van der Waals surface area contributed by atoms with Gasteiger partial charge in [-0.2, -0.15) is 0 Å². The Bertz CT molecular complexity index is 585. The first-order valence-electron chi connectivity index (χ1n) is 6.97. The van der Waals surface area contributed by atoms with Crippen molar-refractivity contribution in [2.24, 2.45) is 0 Å². The predicted molar refractivity (Wildman–Crippen MR) is 86.5 cm³/mol. The van der Waals surface area contributed by atoms with E-state index in [1.165, 1.54) is 16.8 Å². The summed E-state index contributed by atoms with van der Waals surface area (Å²) in [4.78, 5) is 0. The summed E-state index contributed by atoms with van der Waals surface area (Å²) in [7, 11) is 0. The lowest BCUT2D eigenvalue weighted by molar-refractivity contribution is 0.204. The SMILES string of the molecule is Cc1ccc(Br)cc1OC1CCc2ccccc2NC1. The Morgan fingerprint density at radius 1 is 1.20 bits per heavy atom. The van der Waals surface area contributed by atoms with Gasteiger partial charge >= 0.3 is 0 Å². The van der Waals surface area contributed by atoms with Gasteiger partial charge in [-0.05, 0) is 49.1 Å². The number of benzene rings is 2. The topological polar surface area (TPSA) is 21.3 Å². The van der Waals surface area contributed by atoms with Gasteiger partial charge in [0.15, 0.2) is 0 Å². The Labute approximate surface area is 128 Å². The average molecular weight is 332 g/mol. The number of fused-ring (bicyclic) bond motifs is 1. The maximum atomic E-state index is 6.19. The van der Waals surface area contributed by atoms with Gasteiger partial charge in [0, 0.05) is 10.2 Å². The molecule has 0 saturated carbocycles. The zero-order valence-corrected chi connectivity index (χ0v) is 13.1. The van der Waals surface area contributed by atoms with E-state index < -0.39 is 0 Å². The number of ether oxygens (including phenoxy) is 1. The highest BCUT2D eigenvalue weighted by atomic mass is 79.9. The number of aryl methyl sites for hydroxylation is 2. The maximum absolute atomic E-state index is 6.19. The molecule has 0 aromatic heterocycles. The molecule has 1 N–H and O–H groups in total. The van der Waals surface area contributed by atoms with E-state index in [1.807, 2.05) is 12.1 Å². The van der Waals surface area contributed by atoms with Crippen LogP contribution in [-0.2, 0) is 6.42 Å². The molecule has 2 nitrogen and oxygen atoms in total. The molecule has 1 unspecified atom stereocenters. The fourth-order valence-electron chi connectivity index (χ4n) is 2.53. The molecule has 2 aromatic rings. The number of halogens is 1. The van der Waals surface area contributed by atoms with Crippen molar-refractivity contribution in [3.8, 4) is 5.75 Å². The molecule has 2 aromatic carbocycles. The van der Waals surface area contributed by atoms with E-state index in [1.54, 1.807) is 0 Å². The smallest absolute Gasteiger partial charge is 0.123 e. The van der Waals surface area contributed by atoms with E-state index in [0.29, 0.717) is 0 Å². The summed E-state index contributed by atoms with van der Waals surface area (Å²) < 4.78 is 7.24. The van der Waals surface area contributed by atoms with Crippen molar-refractivity contribution in [2.45, 2.75) is 25.9 Å². The summed E-state index contributed by atoms with van der Waals surface area (Å²) in [5, 5.41) is 3.49. The van der Waals surface area contributed by atoms with Crippen molar-refractivity contribution in [2.75, 3.05) is 11.9 Å². The first-order valence-corrected chi connectivity index (χ1v) is 7.76. The van der Waals surface area contributed by atoms with E-state index in [2.05, 4.69) is 58.5 Å². The molecule has 1 atom stereocenters. The Morgan fingerprint density at radius 2 is 2.05 bits per heavy atom. The van der Waals surface area contributed by atoms with Gasteiger partial charge < -0.3 is 10.1 Å². The Hall–Kier alpha value is -1.48. The minimum Gasteiger partial charge on any atom is -0.488 e. The maximum Gasteiger partial charge on any atom is 0.123 e. The Morgan fingerprint density at radius 3 is 2.95 bits per heavy atom. The van der Waals surface area contributed by atoms with Crippen molar-refractivity contribution in [1.82, 2.24) is 0 Å². The van der Waals surface area contributed by atoms with Crippen molar-refractivity contribution >= 4 is 21.6 Å². The van der Waals surface area contributed by atoms with E-state index in [0.717, 1.165) is 29.6 Å². The minimum absolute atomic E-state index is 0.204. The minimum atomic E-state index is 0.204. The molecule has 3 heteroatoms. The number of nitrogens with one attached hydrogen (secondary N) is 1. The number of hydrogen-bond acceptors (Lipinski definition) is 2. The fraction of sp³-hybridized carbons (Fsp3) is 0.294. The standard InChI is InChI=1S/C17H18BrNO/c1-12-6-8-14(18)10-17(12)20-15-9-7-13-4-2-3-5-16(13)19-11-15/h2-6,8,10,15,19H,7,9,11H2,1H3. The normalized spacial score (nSPS) is 17.8. The lowest BCUT2D eigenvalue weighted by Gasteiger charge is -2.19. The molecule has 0 amide bonds. The van der Waals surface area contributed by atoms with Crippen LogP contribution < -0.4 is 10.1 Å². The van der Waals surface area contributed by atoms with Crippen molar-refractivity contribution in [3.05, 3.63) is 58.1 Å². The highest BCUT2D eigenvalue weighted by Crippen LogP contribution is 2.27. The quantitative estimate of drug-likeness (QED) is 0.870. The van der Waals surface area contributed by atoms with Crippen LogP contribution in [0.25, 0.3) is 0 Å². The van der Waals surface area contributed by atoms with Crippen LogP contribution in [0.4, 0.5) is 5.69 Å². The number of para-hydroxylation sites is 1. The van der Waals surface area contributed by atoms with E-state index >= 15 is 0 Å². The van der Waals surface area contributed by atoms with E-state index in [9.17, 15) is 0 Å². The number of hydrogen-bond donors (Lipinski definition) is 1. The van der Waals surface area contributed by atoms with Crippen LogP contribution in [0, 0.1) is 6.92 Å². The molecule has 0 fully saturated rings. The third-order valence-electron chi connectivity index (χ3n) is 3.72. The summed E-state index contributed by atoms with van der Waals surface area (Å²) in [5.74, 6) is 0.970. The predicted octanol–water partition coefficient (Wildman–Crippen LogP) is 4.56. The molecule has 0 spiro atoms. The zero-order chi connectivity index (χ0) is 13.9. The highest BCUT2D eigenvalue weighted by Gasteiger charge is 2.17. The second-order valence-corrected chi connectivity index (χ2v) is 6.14. The van der Waals surface area contributed by atoms with Crippen molar-refractivity contribution < 1.29 is 4.74 Å². The van der Waals surface area contributed by atoms with Crippen LogP contribution in [0.1, 0.15) is 17.5 Å². The van der Waals surface area contributed by atoms with Crippen LogP contribution >= 0.6 is 15.9 Å². The van der Waals surface area contributed by atoms with E-state index in [-0.39, 0.29) is 6.10 Å². The molecule has 1 aliphatic rings. The van der Waals surface area contributed by atoms with Gasteiger partial charge in [-0.15, -0.1) is 0 Å². The van der Waals surface area contributed by atoms with Gasteiger partial charge in [0.1, 0.15) is 11.9 Å². The first-order chi connectivity index (χ1) is 9.72. The molecule has 0 aliphatic carbocycles. The Kier molecular flexibility index (Phi) is 3.97. The fourth-order valence-corrected chi connectivity index (χ4v) is 2.87. The second kappa shape index (κ2) is 5.88. The molecule has 20 heavy (non-hydrogen) atoms. The zero-order valence-electron chi connectivity index (χ0n) is 11.5. The van der Waals surface area contributed by atoms with Crippen LogP contribution in [-0.4, -0.2) is 12.6 Å². The van der Waals surface area contributed by atoms with Gasteiger partial charge in [-0.1, -0.05) is 40.2 Å². The molecule has 1 heterocycles. The monoisotopic (exact) mass is 331 g/mol. The number of rotatable bonds is 2. The van der Waals surface area contributed by atoms with Crippen LogP contribution in [0.2, 0.25) is 0 Å². The Balaban J connectivity index is 1.73. The summed E-state index contributed by atoms with van der Waals surface area (Å²) in [6.45, 7) is 2.93. The molecule has 3 rings (SSSR count). The summed E-state index contributed by atoms with van der Waals surface area (Å²) in [5.41, 5.74) is 3.80. The van der Waals surface area contributed by atoms with Crippen molar-refractivity contribution in [1.29, 1.82) is 0 Å². The third kappa shape index (κ3) is 2.98. The summed E-state index contributed by atoms with van der Waals surface area (Å²) in [6.07, 6.45) is 2.30. The molecule has 1 aliphatic heterocycles. The molecule has 0 bridgehead atoms. The number of anilines is 1. The van der Waals surface area contributed by atoms with Gasteiger partial charge in [0.05, 0.1) is 6.54 Å². The summed E-state index contributed by atoms with van der Waals surface area (Å²) in [6, 6.07) is 14.7. The molecular weight excluding hydrogens is 314 g/mol. The van der Waals surface area contributed by atoms with Crippen molar-refractivity contribution in [3.63, 3.8) is 0 Å². The first kappa shape index (κ1) is 13.5. The lowest BCUT2D eigenvalue weighted by atomic mass is 10.1. The second-order valence-electron chi connectivity index (χ2n) is 5.23. The van der Waals surface area contributed by atoms with Gasteiger partial charge in [0.25, 0.3) is 0 Å². The van der Waals surface area contributed by atoms with Gasteiger partial charge in [0.2, 0.25) is 0 Å². The molecular formula is C17H18BrNO. The molecule has 0 radical (unpaired) electrons.